The quantitative estimate of drug-likeness (QED) is 0.346. The predicted octanol–water partition coefficient (Wildman–Crippen LogP) is 5.01. The largest absolute Gasteiger partial charge is 0.488 e. The zero-order valence-corrected chi connectivity index (χ0v) is 16.5. The lowest BCUT2D eigenvalue weighted by atomic mass is 10.1. The lowest BCUT2D eigenvalue weighted by molar-refractivity contribution is -0.112. The van der Waals surface area contributed by atoms with Crippen LogP contribution >= 0.6 is 0 Å². The van der Waals surface area contributed by atoms with E-state index in [1.165, 1.54) is 13.0 Å². The van der Waals surface area contributed by atoms with Crippen molar-refractivity contribution in [1.82, 2.24) is 0 Å². The van der Waals surface area contributed by atoms with E-state index in [0.717, 1.165) is 5.56 Å². The van der Waals surface area contributed by atoms with E-state index in [4.69, 9.17) is 4.74 Å². The maximum absolute atomic E-state index is 12.6. The van der Waals surface area contributed by atoms with Crippen LogP contribution in [0, 0.1) is 11.3 Å². The molecule has 0 atom stereocenters. The van der Waals surface area contributed by atoms with Gasteiger partial charge in [-0.25, -0.2) is 0 Å². The Morgan fingerprint density at radius 1 is 1.00 bits per heavy atom. The van der Waals surface area contributed by atoms with Crippen LogP contribution in [0.5, 0.6) is 5.75 Å². The molecule has 0 spiro atoms. The molecule has 148 valence electrons. The van der Waals surface area contributed by atoms with Crippen molar-refractivity contribution in [2.24, 2.45) is 0 Å². The Balaban J connectivity index is 1.79. The molecule has 30 heavy (non-hydrogen) atoms. The number of ether oxygens (including phenoxy) is 1. The van der Waals surface area contributed by atoms with Crippen molar-refractivity contribution in [3.05, 3.63) is 101 Å². The molecule has 1 N–H and O–H groups in total. The van der Waals surface area contributed by atoms with E-state index in [9.17, 15) is 14.9 Å². The summed E-state index contributed by atoms with van der Waals surface area (Å²) in [7, 11) is 0. The lowest BCUT2D eigenvalue weighted by Gasteiger charge is -2.10. The Kier molecular flexibility index (Phi) is 6.75. The molecule has 0 heterocycles. The van der Waals surface area contributed by atoms with Crippen molar-refractivity contribution in [2.75, 3.05) is 5.32 Å². The minimum atomic E-state index is -0.559. The number of hydrogen-bond acceptors (Lipinski definition) is 4. The van der Waals surface area contributed by atoms with E-state index in [1.54, 1.807) is 36.4 Å². The topological polar surface area (TPSA) is 79.2 Å². The molecule has 0 aliphatic heterocycles. The zero-order chi connectivity index (χ0) is 21.3. The Bertz CT molecular complexity index is 1130. The van der Waals surface area contributed by atoms with Gasteiger partial charge in [-0.05, 0) is 36.8 Å². The van der Waals surface area contributed by atoms with Gasteiger partial charge in [-0.3, -0.25) is 9.59 Å². The summed E-state index contributed by atoms with van der Waals surface area (Å²) in [6.45, 7) is 1.82. The Morgan fingerprint density at radius 2 is 1.73 bits per heavy atom. The molecule has 0 saturated heterocycles. The molecule has 3 rings (SSSR count). The number of carbonyl (C=O) groups excluding carboxylic acids is 2. The molecule has 0 aromatic heterocycles. The number of rotatable bonds is 7. The third-order valence-electron chi connectivity index (χ3n) is 4.35. The number of nitriles is 1. The number of Topliss-reactive ketones (excluding diaryl/α,β-unsaturated/α-hetero) is 1. The number of carbonyl (C=O) groups is 2. The van der Waals surface area contributed by atoms with Crippen molar-refractivity contribution in [3.63, 3.8) is 0 Å². The van der Waals surface area contributed by atoms with Gasteiger partial charge < -0.3 is 10.1 Å². The SMILES string of the molecule is CC(=O)c1cccc(NC(=O)/C(C#N)=C/c2ccccc2OCc2ccccc2)c1. The molecular formula is C25H20N2O3. The molecular weight excluding hydrogens is 376 g/mol. The van der Waals surface area contributed by atoms with Crippen molar-refractivity contribution < 1.29 is 14.3 Å². The summed E-state index contributed by atoms with van der Waals surface area (Å²) in [4.78, 5) is 24.1. The highest BCUT2D eigenvalue weighted by Gasteiger charge is 2.12. The van der Waals surface area contributed by atoms with Crippen LogP contribution in [0.1, 0.15) is 28.4 Å². The van der Waals surface area contributed by atoms with Gasteiger partial charge in [0, 0.05) is 16.8 Å². The van der Waals surface area contributed by atoms with Crippen LogP contribution in [-0.2, 0) is 11.4 Å². The number of benzene rings is 3. The van der Waals surface area contributed by atoms with Gasteiger partial charge >= 0.3 is 0 Å². The first-order valence-electron chi connectivity index (χ1n) is 9.36. The van der Waals surface area contributed by atoms with Gasteiger partial charge in [0.15, 0.2) is 5.78 Å². The number of ketones is 1. The molecule has 3 aromatic carbocycles. The van der Waals surface area contributed by atoms with Gasteiger partial charge in [-0.2, -0.15) is 5.26 Å². The first kappa shape index (κ1) is 20.6. The Hall–Kier alpha value is -4.17. The van der Waals surface area contributed by atoms with Gasteiger partial charge in [0.1, 0.15) is 24.0 Å². The van der Waals surface area contributed by atoms with E-state index < -0.39 is 5.91 Å². The summed E-state index contributed by atoms with van der Waals surface area (Å²) in [5, 5.41) is 12.2. The fourth-order valence-corrected chi connectivity index (χ4v) is 2.79. The lowest BCUT2D eigenvalue weighted by Crippen LogP contribution is -2.13. The standard InChI is InChI=1S/C25H20N2O3/c1-18(28)20-11-7-12-23(15-20)27-25(29)22(16-26)14-21-10-5-6-13-24(21)30-17-19-8-3-2-4-9-19/h2-15H,17H2,1H3,(H,27,29)/b22-14+. The summed E-state index contributed by atoms with van der Waals surface area (Å²) in [5.74, 6) is -0.0943. The van der Waals surface area contributed by atoms with Gasteiger partial charge in [0.25, 0.3) is 5.91 Å². The van der Waals surface area contributed by atoms with E-state index in [-0.39, 0.29) is 11.4 Å². The van der Waals surface area contributed by atoms with Gasteiger partial charge in [0.2, 0.25) is 0 Å². The first-order chi connectivity index (χ1) is 14.6. The van der Waals surface area contributed by atoms with Crippen molar-refractivity contribution in [3.8, 4) is 11.8 Å². The smallest absolute Gasteiger partial charge is 0.266 e. The summed E-state index contributed by atoms with van der Waals surface area (Å²) >= 11 is 0. The van der Waals surface area contributed by atoms with E-state index >= 15 is 0 Å². The van der Waals surface area contributed by atoms with E-state index in [1.807, 2.05) is 48.5 Å². The number of anilines is 1. The molecule has 1 amide bonds. The Morgan fingerprint density at radius 3 is 2.47 bits per heavy atom. The van der Waals surface area contributed by atoms with Crippen molar-refractivity contribution in [1.29, 1.82) is 5.26 Å². The molecule has 3 aromatic rings. The molecule has 0 bridgehead atoms. The second kappa shape index (κ2) is 9.85. The van der Waals surface area contributed by atoms with Crippen LogP contribution in [0.3, 0.4) is 0 Å². The highest BCUT2D eigenvalue weighted by Crippen LogP contribution is 2.23. The first-order valence-corrected chi connectivity index (χ1v) is 9.36. The molecule has 5 nitrogen and oxygen atoms in total. The van der Waals surface area contributed by atoms with Crippen LogP contribution in [-0.4, -0.2) is 11.7 Å². The minimum Gasteiger partial charge on any atom is -0.488 e. The summed E-state index contributed by atoms with van der Waals surface area (Å²) in [5.41, 5.74) is 2.49. The average Bonchev–Trinajstić information content (AvgIpc) is 2.77. The van der Waals surface area contributed by atoms with Crippen LogP contribution in [0.25, 0.3) is 6.08 Å². The fraction of sp³-hybridized carbons (Fsp3) is 0.0800. The van der Waals surface area contributed by atoms with Crippen LogP contribution < -0.4 is 10.1 Å². The highest BCUT2D eigenvalue weighted by atomic mass is 16.5. The molecule has 5 heteroatoms. The molecule has 0 aliphatic rings. The Labute approximate surface area is 175 Å². The molecule has 0 fully saturated rings. The van der Waals surface area contributed by atoms with Gasteiger partial charge in [-0.1, -0.05) is 60.7 Å². The number of amides is 1. The number of hydrogen-bond donors (Lipinski definition) is 1. The van der Waals surface area contributed by atoms with Crippen LogP contribution in [0.2, 0.25) is 0 Å². The van der Waals surface area contributed by atoms with Gasteiger partial charge in [-0.15, -0.1) is 0 Å². The molecule has 0 aliphatic carbocycles. The fourth-order valence-electron chi connectivity index (χ4n) is 2.79. The average molecular weight is 396 g/mol. The number of nitrogens with one attached hydrogen (secondary N) is 1. The van der Waals surface area contributed by atoms with Gasteiger partial charge in [0.05, 0.1) is 0 Å². The maximum atomic E-state index is 12.6. The van der Waals surface area contributed by atoms with E-state index in [2.05, 4.69) is 5.32 Å². The van der Waals surface area contributed by atoms with Crippen molar-refractivity contribution >= 4 is 23.5 Å². The molecule has 0 unspecified atom stereocenters. The number of nitrogens with zero attached hydrogens (tertiary/aromatic N) is 1. The van der Waals surface area contributed by atoms with Crippen LogP contribution in [0.15, 0.2) is 84.4 Å². The monoisotopic (exact) mass is 396 g/mol. The van der Waals surface area contributed by atoms with Crippen molar-refractivity contribution in [2.45, 2.75) is 13.5 Å². The zero-order valence-electron chi connectivity index (χ0n) is 16.5. The van der Waals surface area contributed by atoms with E-state index in [0.29, 0.717) is 29.2 Å². The molecule has 0 radical (unpaired) electrons. The highest BCUT2D eigenvalue weighted by molar-refractivity contribution is 6.10. The summed E-state index contributed by atoms with van der Waals surface area (Å²) in [6.07, 6.45) is 1.49. The minimum absolute atomic E-state index is 0.0704. The summed E-state index contributed by atoms with van der Waals surface area (Å²) < 4.78 is 5.89. The second-order valence-electron chi connectivity index (χ2n) is 6.57. The predicted molar refractivity (Wildman–Crippen MR) is 116 cm³/mol. The summed E-state index contributed by atoms with van der Waals surface area (Å²) in [6, 6.07) is 25.4. The normalized spacial score (nSPS) is 10.7. The van der Waals surface area contributed by atoms with Crippen LogP contribution in [0.4, 0.5) is 5.69 Å². The second-order valence-corrected chi connectivity index (χ2v) is 6.57. The maximum Gasteiger partial charge on any atom is 0.266 e. The third kappa shape index (κ3) is 5.43. The third-order valence-corrected chi connectivity index (χ3v) is 4.35. The molecule has 0 saturated carbocycles. The number of para-hydroxylation sites is 1.